The van der Waals surface area contributed by atoms with Crippen molar-refractivity contribution in [3.63, 3.8) is 0 Å². The monoisotopic (exact) mass is 293 g/mol. The van der Waals surface area contributed by atoms with Crippen LogP contribution < -0.4 is 5.32 Å². The highest BCUT2D eigenvalue weighted by Crippen LogP contribution is 2.29. The Kier molecular flexibility index (Phi) is 4.33. The lowest BCUT2D eigenvalue weighted by Crippen LogP contribution is -2.33. The van der Waals surface area contributed by atoms with Gasteiger partial charge in [-0.2, -0.15) is 0 Å². The summed E-state index contributed by atoms with van der Waals surface area (Å²) in [6.45, 7) is 5.08. The topological polar surface area (TPSA) is 21.3 Å². The second kappa shape index (κ2) is 6.18. The van der Waals surface area contributed by atoms with E-state index in [2.05, 4.69) is 41.2 Å². The molecule has 2 nitrogen and oxygen atoms in total. The van der Waals surface area contributed by atoms with Crippen LogP contribution >= 0.6 is 22.7 Å². The van der Waals surface area contributed by atoms with Crippen molar-refractivity contribution in [3.05, 3.63) is 33.8 Å². The van der Waals surface area contributed by atoms with Gasteiger partial charge in [0.05, 0.1) is 6.61 Å². The van der Waals surface area contributed by atoms with Crippen molar-refractivity contribution in [2.45, 2.75) is 25.9 Å². The van der Waals surface area contributed by atoms with E-state index < -0.39 is 0 Å². The van der Waals surface area contributed by atoms with Crippen LogP contribution in [-0.4, -0.2) is 19.3 Å². The molecule has 2 aromatic heterocycles. The van der Waals surface area contributed by atoms with Crippen LogP contribution in [0.2, 0.25) is 0 Å². The summed E-state index contributed by atoms with van der Waals surface area (Å²) in [4.78, 5) is 2.77. The minimum atomic E-state index is 0.537. The first-order valence-corrected chi connectivity index (χ1v) is 8.51. The van der Waals surface area contributed by atoms with Gasteiger partial charge < -0.3 is 10.1 Å². The van der Waals surface area contributed by atoms with Crippen LogP contribution in [0, 0.1) is 5.92 Å². The Morgan fingerprint density at radius 1 is 1.47 bits per heavy atom. The molecule has 2 atom stereocenters. The SMILES string of the molecule is CC(NCc1cc(-c2cccs2)cs1)C1CCOC1. The summed E-state index contributed by atoms with van der Waals surface area (Å²) in [6, 6.07) is 7.14. The Morgan fingerprint density at radius 2 is 2.42 bits per heavy atom. The number of hydrogen-bond acceptors (Lipinski definition) is 4. The molecule has 3 heterocycles. The second-order valence-electron chi connectivity index (χ2n) is 5.07. The average Bonchev–Trinajstić information content (AvgIpc) is 3.14. The van der Waals surface area contributed by atoms with E-state index in [4.69, 9.17) is 4.74 Å². The number of ether oxygens (including phenoxy) is 1. The van der Waals surface area contributed by atoms with Gasteiger partial charge in [-0.05, 0) is 42.2 Å². The van der Waals surface area contributed by atoms with Crippen LogP contribution in [0.25, 0.3) is 10.4 Å². The maximum Gasteiger partial charge on any atom is 0.0509 e. The first kappa shape index (κ1) is 13.3. The number of thiophene rings is 2. The lowest BCUT2D eigenvalue weighted by molar-refractivity contribution is 0.178. The van der Waals surface area contributed by atoms with Gasteiger partial charge in [-0.3, -0.25) is 0 Å². The molecule has 0 aromatic carbocycles. The Hall–Kier alpha value is -0.680. The molecular weight excluding hydrogens is 274 g/mol. The van der Waals surface area contributed by atoms with Gasteiger partial charge >= 0.3 is 0 Å². The molecule has 0 aliphatic carbocycles. The molecule has 19 heavy (non-hydrogen) atoms. The number of hydrogen-bond donors (Lipinski definition) is 1. The summed E-state index contributed by atoms with van der Waals surface area (Å²) < 4.78 is 5.45. The molecule has 0 amide bonds. The number of nitrogens with one attached hydrogen (secondary N) is 1. The molecule has 1 aliphatic rings. The molecular formula is C15H19NOS2. The highest BCUT2D eigenvalue weighted by molar-refractivity contribution is 7.14. The maximum absolute atomic E-state index is 5.45. The molecule has 1 N–H and O–H groups in total. The van der Waals surface area contributed by atoms with E-state index in [1.54, 1.807) is 11.3 Å². The third kappa shape index (κ3) is 3.26. The zero-order valence-electron chi connectivity index (χ0n) is 11.1. The third-order valence-corrected chi connectivity index (χ3v) is 5.59. The maximum atomic E-state index is 5.45. The summed E-state index contributed by atoms with van der Waals surface area (Å²) in [5.41, 5.74) is 1.36. The van der Waals surface area contributed by atoms with E-state index in [1.807, 2.05) is 11.3 Å². The van der Waals surface area contributed by atoms with Gasteiger partial charge in [-0.25, -0.2) is 0 Å². The molecule has 1 aliphatic heterocycles. The fourth-order valence-electron chi connectivity index (χ4n) is 2.42. The lowest BCUT2D eigenvalue weighted by Gasteiger charge is -2.18. The normalized spacial score (nSPS) is 20.8. The van der Waals surface area contributed by atoms with Crippen molar-refractivity contribution in [2.24, 2.45) is 5.92 Å². The standard InChI is InChI=1S/C15H19NOS2/c1-11(12-4-5-17-9-12)16-8-14-7-13(10-19-14)15-3-2-6-18-15/h2-3,6-7,10-12,16H,4-5,8-9H2,1H3. The smallest absolute Gasteiger partial charge is 0.0509 e. The van der Waals surface area contributed by atoms with E-state index in [0.29, 0.717) is 12.0 Å². The molecule has 2 aromatic rings. The van der Waals surface area contributed by atoms with Crippen molar-refractivity contribution in [1.82, 2.24) is 5.32 Å². The third-order valence-electron chi connectivity index (χ3n) is 3.73. The highest BCUT2D eigenvalue weighted by atomic mass is 32.1. The van der Waals surface area contributed by atoms with E-state index in [9.17, 15) is 0 Å². The Bertz CT molecular complexity index is 500. The van der Waals surface area contributed by atoms with Gasteiger partial charge in [-0.1, -0.05) is 6.07 Å². The molecule has 1 saturated heterocycles. The van der Waals surface area contributed by atoms with E-state index >= 15 is 0 Å². The van der Waals surface area contributed by atoms with Crippen molar-refractivity contribution in [1.29, 1.82) is 0 Å². The van der Waals surface area contributed by atoms with Gasteiger partial charge in [0.2, 0.25) is 0 Å². The van der Waals surface area contributed by atoms with Gasteiger partial charge in [0.1, 0.15) is 0 Å². The zero-order valence-corrected chi connectivity index (χ0v) is 12.7. The van der Waals surface area contributed by atoms with Crippen LogP contribution in [0.3, 0.4) is 0 Å². The minimum absolute atomic E-state index is 0.537. The minimum Gasteiger partial charge on any atom is -0.381 e. The molecule has 102 valence electrons. The van der Waals surface area contributed by atoms with E-state index in [-0.39, 0.29) is 0 Å². The van der Waals surface area contributed by atoms with Gasteiger partial charge in [0, 0.05) is 34.5 Å². The van der Waals surface area contributed by atoms with Crippen molar-refractivity contribution in [3.8, 4) is 10.4 Å². The van der Waals surface area contributed by atoms with Gasteiger partial charge in [-0.15, -0.1) is 22.7 Å². The largest absolute Gasteiger partial charge is 0.381 e. The summed E-state index contributed by atoms with van der Waals surface area (Å²) in [5.74, 6) is 0.678. The summed E-state index contributed by atoms with van der Waals surface area (Å²) in [7, 11) is 0. The predicted octanol–water partition coefficient (Wildman–Crippen LogP) is 3.99. The Labute approximate surface area is 122 Å². The second-order valence-corrected chi connectivity index (χ2v) is 7.02. The van der Waals surface area contributed by atoms with Crippen LogP contribution in [0.4, 0.5) is 0 Å². The summed E-state index contributed by atoms with van der Waals surface area (Å²) >= 11 is 3.65. The lowest BCUT2D eigenvalue weighted by atomic mass is 10.0. The molecule has 0 bridgehead atoms. The highest BCUT2D eigenvalue weighted by Gasteiger charge is 2.21. The van der Waals surface area contributed by atoms with Crippen molar-refractivity contribution >= 4 is 22.7 Å². The summed E-state index contributed by atoms with van der Waals surface area (Å²) in [6.07, 6.45) is 1.19. The number of rotatable bonds is 5. The van der Waals surface area contributed by atoms with Gasteiger partial charge in [0.15, 0.2) is 0 Å². The average molecular weight is 293 g/mol. The molecule has 0 saturated carbocycles. The van der Waals surface area contributed by atoms with Crippen molar-refractivity contribution < 1.29 is 4.74 Å². The first-order valence-electron chi connectivity index (χ1n) is 6.75. The van der Waals surface area contributed by atoms with Crippen molar-refractivity contribution in [2.75, 3.05) is 13.2 Å². The molecule has 1 fully saturated rings. The Morgan fingerprint density at radius 3 is 3.16 bits per heavy atom. The summed E-state index contributed by atoms with van der Waals surface area (Å²) in [5, 5.41) is 8.02. The molecule has 4 heteroatoms. The van der Waals surface area contributed by atoms with Crippen LogP contribution in [0.15, 0.2) is 29.0 Å². The quantitative estimate of drug-likeness (QED) is 0.900. The van der Waals surface area contributed by atoms with Crippen LogP contribution in [-0.2, 0) is 11.3 Å². The molecule has 0 radical (unpaired) electrons. The van der Waals surface area contributed by atoms with E-state index in [1.165, 1.54) is 21.7 Å². The molecule has 2 unspecified atom stereocenters. The molecule has 0 spiro atoms. The fraction of sp³-hybridized carbons (Fsp3) is 0.467. The Balaban J connectivity index is 1.55. The van der Waals surface area contributed by atoms with Crippen LogP contribution in [0.1, 0.15) is 18.2 Å². The zero-order chi connectivity index (χ0) is 13.1. The van der Waals surface area contributed by atoms with E-state index in [0.717, 1.165) is 19.8 Å². The predicted molar refractivity (Wildman–Crippen MR) is 82.9 cm³/mol. The first-order chi connectivity index (χ1) is 9.33. The van der Waals surface area contributed by atoms with Gasteiger partial charge in [0.25, 0.3) is 0 Å². The molecule has 3 rings (SSSR count). The van der Waals surface area contributed by atoms with Crippen LogP contribution in [0.5, 0.6) is 0 Å². The fourth-order valence-corrected chi connectivity index (χ4v) is 4.05.